The van der Waals surface area contributed by atoms with Crippen LogP contribution < -0.4 is 20.5 Å². The van der Waals surface area contributed by atoms with Crippen molar-refractivity contribution in [1.82, 2.24) is 10.3 Å². The molecule has 6 nitrogen and oxygen atoms in total. The molecular formula is C15H20ClN3O3S. The second kappa shape index (κ2) is 9.34. The Balaban J connectivity index is 0.00000264. The van der Waals surface area contributed by atoms with Gasteiger partial charge in [-0.25, -0.2) is 4.98 Å². The second-order valence-corrected chi connectivity index (χ2v) is 5.46. The molecular weight excluding hydrogens is 338 g/mol. The maximum Gasteiger partial charge on any atom is 0.270 e. The predicted octanol–water partition coefficient (Wildman–Crippen LogP) is 2.01. The van der Waals surface area contributed by atoms with Gasteiger partial charge in [-0.2, -0.15) is 0 Å². The third kappa shape index (κ3) is 5.09. The van der Waals surface area contributed by atoms with Gasteiger partial charge in [0.1, 0.15) is 22.2 Å². The van der Waals surface area contributed by atoms with Crippen LogP contribution in [0.4, 0.5) is 0 Å². The molecule has 3 N–H and O–H groups in total. The number of carbonyl (C=O) groups excluding carboxylic acids is 1. The van der Waals surface area contributed by atoms with E-state index in [0.29, 0.717) is 25.2 Å². The van der Waals surface area contributed by atoms with Gasteiger partial charge in [0.05, 0.1) is 14.2 Å². The lowest BCUT2D eigenvalue weighted by Gasteiger charge is -2.10. The molecule has 0 bridgehead atoms. The number of hydrogen-bond acceptors (Lipinski definition) is 6. The maximum absolute atomic E-state index is 12.0. The molecule has 0 saturated carbocycles. The van der Waals surface area contributed by atoms with Gasteiger partial charge in [0.2, 0.25) is 0 Å². The molecule has 1 aromatic heterocycles. The molecule has 0 spiro atoms. The summed E-state index contributed by atoms with van der Waals surface area (Å²) < 4.78 is 10.5. The molecule has 2 aromatic rings. The number of nitrogens with one attached hydrogen (secondary N) is 1. The highest BCUT2D eigenvalue weighted by Gasteiger charge is 2.10. The first-order valence-electron chi connectivity index (χ1n) is 6.81. The van der Waals surface area contributed by atoms with Gasteiger partial charge in [-0.05, 0) is 30.2 Å². The van der Waals surface area contributed by atoms with Crippen molar-refractivity contribution in [3.63, 3.8) is 0 Å². The maximum atomic E-state index is 12.0. The lowest BCUT2D eigenvalue weighted by molar-refractivity contribution is 0.0949. The number of nitrogens with zero attached hydrogens (tertiary/aromatic N) is 1. The van der Waals surface area contributed by atoms with Crippen LogP contribution in [-0.2, 0) is 13.0 Å². The minimum atomic E-state index is -0.196. The van der Waals surface area contributed by atoms with E-state index in [2.05, 4.69) is 10.3 Å². The zero-order valence-corrected chi connectivity index (χ0v) is 14.6. The summed E-state index contributed by atoms with van der Waals surface area (Å²) in [5.41, 5.74) is 6.87. The van der Waals surface area contributed by atoms with Gasteiger partial charge in [0, 0.05) is 18.5 Å². The van der Waals surface area contributed by atoms with Gasteiger partial charge in [0.15, 0.2) is 0 Å². The number of rotatable bonds is 7. The van der Waals surface area contributed by atoms with Crippen molar-refractivity contribution in [3.8, 4) is 11.5 Å². The molecule has 1 heterocycles. The Morgan fingerprint density at radius 1 is 1.35 bits per heavy atom. The Hall–Kier alpha value is -1.83. The Labute approximate surface area is 145 Å². The van der Waals surface area contributed by atoms with E-state index in [1.54, 1.807) is 19.6 Å². The highest BCUT2D eigenvalue weighted by Crippen LogP contribution is 2.24. The van der Waals surface area contributed by atoms with Gasteiger partial charge in [-0.15, -0.1) is 23.7 Å². The summed E-state index contributed by atoms with van der Waals surface area (Å²) in [5, 5.41) is 5.30. The first-order valence-corrected chi connectivity index (χ1v) is 7.69. The fourth-order valence-corrected chi connectivity index (χ4v) is 2.64. The molecule has 0 atom stereocenters. The van der Waals surface area contributed by atoms with Crippen LogP contribution in [0.25, 0.3) is 0 Å². The summed E-state index contributed by atoms with van der Waals surface area (Å²) in [6.45, 7) is 0.830. The standard InChI is InChI=1S/C15H19N3O3S.ClH/c1-20-11-3-4-13(21-2)10(7-11)5-6-17-15(19)12-9-22-14(8-16)18-12;/h3-4,7,9H,5-6,8,16H2,1-2H3,(H,17,19);1H. The van der Waals surface area contributed by atoms with Crippen LogP contribution >= 0.6 is 23.7 Å². The van der Waals surface area contributed by atoms with Crippen LogP contribution in [0.3, 0.4) is 0 Å². The number of ether oxygens (including phenoxy) is 2. The van der Waals surface area contributed by atoms with Gasteiger partial charge < -0.3 is 20.5 Å². The van der Waals surface area contributed by atoms with Crippen molar-refractivity contribution in [2.45, 2.75) is 13.0 Å². The van der Waals surface area contributed by atoms with Crippen LogP contribution in [0, 0.1) is 0 Å². The Bertz CT molecular complexity index is 649. The van der Waals surface area contributed by atoms with Gasteiger partial charge in [-0.3, -0.25) is 4.79 Å². The average molecular weight is 358 g/mol. The number of methoxy groups -OCH3 is 2. The smallest absolute Gasteiger partial charge is 0.270 e. The van der Waals surface area contributed by atoms with E-state index in [0.717, 1.165) is 22.1 Å². The number of nitrogens with two attached hydrogens (primary N) is 1. The molecule has 0 saturated heterocycles. The normalized spacial score (nSPS) is 9.87. The number of benzene rings is 1. The van der Waals surface area contributed by atoms with Crippen molar-refractivity contribution in [2.75, 3.05) is 20.8 Å². The highest BCUT2D eigenvalue weighted by atomic mass is 35.5. The summed E-state index contributed by atoms with van der Waals surface area (Å²) >= 11 is 1.39. The second-order valence-electron chi connectivity index (χ2n) is 4.51. The summed E-state index contributed by atoms with van der Waals surface area (Å²) in [4.78, 5) is 16.1. The quantitative estimate of drug-likeness (QED) is 0.791. The van der Waals surface area contributed by atoms with Gasteiger partial charge in [0.25, 0.3) is 5.91 Å². The van der Waals surface area contributed by atoms with Gasteiger partial charge in [-0.1, -0.05) is 0 Å². The van der Waals surface area contributed by atoms with Crippen LogP contribution in [0.5, 0.6) is 11.5 Å². The zero-order valence-electron chi connectivity index (χ0n) is 13.0. The number of halogens is 1. The van der Waals surface area contributed by atoms with Crippen molar-refractivity contribution >= 4 is 29.7 Å². The fraction of sp³-hybridized carbons (Fsp3) is 0.333. The fourth-order valence-electron chi connectivity index (χ4n) is 1.99. The monoisotopic (exact) mass is 357 g/mol. The molecule has 1 aromatic carbocycles. The van der Waals surface area contributed by atoms with Crippen LogP contribution in [0.1, 0.15) is 21.1 Å². The lowest BCUT2D eigenvalue weighted by Crippen LogP contribution is -2.26. The summed E-state index contributed by atoms with van der Waals surface area (Å²) in [6.07, 6.45) is 0.639. The molecule has 2 rings (SSSR count). The number of carbonyl (C=O) groups is 1. The Morgan fingerprint density at radius 3 is 2.74 bits per heavy atom. The van der Waals surface area contributed by atoms with E-state index >= 15 is 0 Å². The van der Waals surface area contributed by atoms with Crippen molar-refractivity contribution in [2.24, 2.45) is 5.73 Å². The van der Waals surface area contributed by atoms with Crippen molar-refractivity contribution in [3.05, 3.63) is 39.8 Å². The van der Waals surface area contributed by atoms with Crippen LogP contribution in [0.2, 0.25) is 0 Å². The largest absolute Gasteiger partial charge is 0.497 e. The Kier molecular flexibility index (Phi) is 7.80. The minimum Gasteiger partial charge on any atom is -0.497 e. The number of amides is 1. The van der Waals surface area contributed by atoms with Crippen molar-refractivity contribution in [1.29, 1.82) is 0 Å². The number of aromatic nitrogens is 1. The lowest BCUT2D eigenvalue weighted by atomic mass is 10.1. The van der Waals surface area contributed by atoms with E-state index in [4.69, 9.17) is 15.2 Å². The molecule has 8 heteroatoms. The molecule has 0 aliphatic carbocycles. The third-order valence-corrected chi connectivity index (χ3v) is 4.00. The minimum absolute atomic E-state index is 0. The third-order valence-electron chi connectivity index (χ3n) is 3.13. The average Bonchev–Trinajstić information content (AvgIpc) is 3.03. The van der Waals surface area contributed by atoms with Gasteiger partial charge >= 0.3 is 0 Å². The summed E-state index contributed by atoms with van der Waals surface area (Å²) in [5.74, 6) is 1.33. The number of hydrogen-bond donors (Lipinski definition) is 2. The van der Waals surface area contributed by atoms with Crippen molar-refractivity contribution < 1.29 is 14.3 Å². The summed E-state index contributed by atoms with van der Waals surface area (Å²) in [6, 6.07) is 5.59. The van der Waals surface area contributed by atoms with E-state index < -0.39 is 0 Å². The predicted molar refractivity (Wildman–Crippen MR) is 92.8 cm³/mol. The van der Waals surface area contributed by atoms with E-state index in [1.807, 2.05) is 18.2 Å². The molecule has 0 unspecified atom stereocenters. The van der Waals surface area contributed by atoms with E-state index in [-0.39, 0.29) is 18.3 Å². The topological polar surface area (TPSA) is 86.5 Å². The number of thiazole rings is 1. The van der Waals surface area contributed by atoms with E-state index in [1.165, 1.54) is 11.3 Å². The van der Waals surface area contributed by atoms with Crippen LogP contribution in [0.15, 0.2) is 23.6 Å². The highest BCUT2D eigenvalue weighted by molar-refractivity contribution is 7.09. The Morgan fingerprint density at radius 2 is 2.13 bits per heavy atom. The zero-order chi connectivity index (χ0) is 15.9. The molecule has 0 radical (unpaired) electrons. The molecule has 0 aliphatic rings. The molecule has 23 heavy (non-hydrogen) atoms. The first-order chi connectivity index (χ1) is 10.7. The first kappa shape index (κ1) is 19.2. The van der Waals surface area contributed by atoms with Crippen LogP contribution in [-0.4, -0.2) is 31.7 Å². The summed E-state index contributed by atoms with van der Waals surface area (Å²) in [7, 11) is 3.23. The molecule has 0 fully saturated rings. The molecule has 0 aliphatic heterocycles. The molecule has 1 amide bonds. The SMILES string of the molecule is COc1ccc(OC)c(CCNC(=O)c2csc(CN)n2)c1.Cl. The van der Waals surface area contributed by atoms with E-state index in [9.17, 15) is 4.79 Å². The molecule has 126 valence electrons.